The molecule has 1 saturated carbocycles. The van der Waals surface area contributed by atoms with E-state index in [2.05, 4.69) is 17.0 Å². The maximum absolute atomic E-state index is 13.4. The summed E-state index contributed by atoms with van der Waals surface area (Å²) in [6.07, 6.45) is 4.77. The summed E-state index contributed by atoms with van der Waals surface area (Å²) >= 11 is 1.69. The van der Waals surface area contributed by atoms with Gasteiger partial charge in [0.1, 0.15) is 17.3 Å². The third-order valence-corrected chi connectivity index (χ3v) is 7.20. The number of fused-ring (bicyclic) bond motifs is 2. The second-order valence-corrected chi connectivity index (χ2v) is 9.14. The molecule has 6 rings (SSSR count). The van der Waals surface area contributed by atoms with Crippen LogP contribution < -0.4 is 4.74 Å². The molecule has 152 valence electrons. The van der Waals surface area contributed by atoms with Gasteiger partial charge in [-0.1, -0.05) is 12.1 Å². The van der Waals surface area contributed by atoms with Crippen LogP contribution in [0.4, 0.5) is 8.78 Å². The minimum Gasteiger partial charge on any atom is -0.457 e. The number of alkyl halides is 2. The van der Waals surface area contributed by atoms with Gasteiger partial charge in [-0.15, -0.1) is 0 Å². The molecule has 3 aliphatic heterocycles. The lowest BCUT2D eigenvalue weighted by Gasteiger charge is -2.55. The lowest BCUT2D eigenvalue weighted by molar-refractivity contribution is 0.0174. The Balaban J connectivity index is 1.37. The summed E-state index contributed by atoms with van der Waals surface area (Å²) < 4.78 is 37.5. The van der Waals surface area contributed by atoms with Gasteiger partial charge in [0.05, 0.1) is 5.41 Å². The lowest BCUT2D eigenvalue weighted by Crippen LogP contribution is -2.61. The van der Waals surface area contributed by atoms with E-state index in [4.69, 9.17) is 9.13 Å². The Hall–Kier alpha value is -2.08. The first kappa shape index (κ1) is 18.9. The lowest BCUT2D eigenvalue weighted by atomic mass is 9.63. The number of piperidine rings is 2. The van der Waals surface area contributed by atoms with E-state index in [0.29, 0.717) is 17.5 Å². The minimum atomic E-state index is -2.84. The van der Waals surface area contributed by atoms with Crippen LogP contribution in [-0.4, -0.2) is 29.1 Å². The third-order valence-electron chi connectivity index (χ3n) is 6.53. The highest BCUT2D eigenvalue weighted by molar-refractivity contribution is 7.98. The Morgan fingerprint density at radius 1 is 1.03 bits per heavy atom. The fourth-order valence-corrected chi connectivity index (χ4v) is 5.74. The van der Waals surface area contributed by atoms with Crippen LogP contribution in [-0.2, 0) is 11.3 Å². The largest absolute Gasteiger partial charge is 0.457 e. The van der Waals surface area contributed by atoms with Crippen molar-refractivity contribution in [1.29, 1.82) is 0 Å². The van der Waals surface area contributed by atoms with E-state index in [1.807, 2.05) is 12.1 Å². The van der Waals surface area contributed by atoms with Crippen LogP contribution in [0.25, 0.3) is 0 Å². The highest BCUT2D eigenvalue weighted by Gasteiger charge is 2.51. The molecule has 6 heteroatoms. The van der Waals surface area contributed by atoms with E-state index >= 15 is 0 Å². The molecular formula is C23H24F2N2OS. The van der Waals surface area contributed by atoms with E-state index < -0.39 is 5.92 Å². The summed E-state index contributed by atoms with van der Waals surface area (Å²) in [7, 11) is 0. The fourth-order valence-electron chi connectivity index (χ4n) is 4.96. The fraction of sp³-hybridized carbons (Fsp3) is 0.435. The molecule has 3 nitrogen and oxygen atoms in total. The summed E-state index contributed by atoms with van der Waals surface area (Å²) in [6.45, 7) is 2.00. The number of halogens is 2. The van der Waals surface area contributed by atoms with Gasteiger partial charge in [0.25, 0.3) is 5.92 Å². The molecule has 0 aromatic heterocycles. The van der Waals surface area contributed by atoms with Crippen molar-refractivity contribution in [3.63, 3.8) is 0 Å². The first-order chi connectivity index (χ1) is 14.0. The average molecular weight is 415 g/mol. The Bertz CT molecular complexity index is 913. The smallest absolute Gasteiger partial charge is 0.270 e. The van der Waals surface area contributed by atoms with Crippen molar-refractivity contribution in [2.24, 2.45) is 4.40 Å². The topological polar surface area (TPSA) is 24.8 Å². The van der Waals surface area contributed by atoms with Gasteiger partial charge in [0, 0.05) is 30.8 Å². The third kappa shape index (κ3) is 3.31. The maximum atomic E-state index is 13.4. The first-order valence-corrected chi connectivity index (χ1v) is 11.1. The summed E-state index contributed by atoms with van der Waals surface area (Å²) in [5, 5.41) is 0. The van der Waals surface area contributed by atoms with E-state index in [9.17, 15) is 8.78 Å². The minimum absolute atomic E-state index is 0.0112. The predicted molar refractivity (Wildman–Crippen MR) is 113 cm³/mol. The molecule has 0 radical (unpaired) electrons. The molecule has 0 spiro atoms. The van der Waals surface area contributed by atoms with Crippen molar-refractivity contribution in [3.8, 4) is 11.5 Å². The van der Waals surface area contributed by atoms with E-state index in [-0.39, 0.29) is 11.0 Å². The van der Waals surface area contributed by atoms with Gasteiger partial charge >= 0.3 is 0 Å². The maximum Gasteiger partial charge on any atom is 0.270 e. The highest BCUT2D eigenvalue weighted by atomic mass is 32.2. The summed E-state index contributed by atoms with van der Waals surface area (Å²) in [5.41, 5.74) is 1.31. The van der Waals surface area contributed by atoms with Gasteiger partial charge in [-0.25, -0.2) is 13.2 Å². The number of hydrogen-bond donors (Lipinski definition) is 0. The zero-order chi connectivity index (χ0) is 20.1. The average Bonchev–Trinajstić information content (AvgIpc) is 2.75. The Labute approximate surface area is 174 Å². The molecule has 4 aliphatic rings. The van der Waals surface area contributed by atoms with Crippen LogP contribution in [0.2, 0.25) is 0 Å². The molecule has 29 heavy (non-hydrogen) atoms. The monoisotopic (exact) mass is 414 g/mol. The van der Waals surface area contributed by atoms with Crippen molar-refractivity contribution in [2.45, 2.75) is 50.0 Å². The van der Waals surface area contributed by atoms with Gasteiger partial charge in [-0.2, -0.15) is 0 Å². The second-order valence-electron chi connectivity index (χ2n) is 8.29. The highest BCUT2D eigenvalue weighted by Crippen LogP contribution is 2.49. The second kappa shape index (κ2) is 7.01. The molecule has 0 amide bonds. The zero-order valence-corrected chi connectivity index (χ0v) is 17.2. The number of amidine groups is 1. The van der Waals surface area contributed by atoms with Crippen molar-refractivity contribution in [1.82, 2.24) is 4.90 Å². The van der Waals surface area contributed by atoms with Gasteiger partial charge in [0.15, 0.2) is 0 Å². The van der Waals surface area contributed by atoms with E-state index in [1.165, 1.54) is 36.4 Å². The molecule has 2 bridgehead atoms. The summed E-state index contributed by atoms with van der Waals surface area (Å²) in [6, 6.07) is 14.9. The van der Waals surface area contributed by atoms with Crippen LogP contribution in [0.5, 0.6) is 11.5 Å². The Morgan fingerprint density at radius 2 is 1.66 bits per heavy atom. The molecule has 3 heterocycles. The normalized spacial score (nSPS) is 26.1. The summed E-state index contributed by atoms with van der Waals surface area (Å²) in [5.74, 6) is 0.766. The van der Waals surface area contributed by atoms with Crippen LogP contribution in [0.1, 0.15) is 43.7 Å². The number of benzene rings is 2. The van der Waals surface area contributed by atoms with Gasteiger partial charge in [-0.3, -0.25) is 0 Å². The molecule has 2 aromatic carbocycles. The van der Waals surface area contributed by atoms with Crippen LogP contribution in [0.15, 0.2) is 52.9 Å². The van der Waals surface area contributed by atoms with Crippen LogP contribution in [0, 0.1) is 0 Å². The van der Waals surface area contributed by atoms with Crippen molar-refractivity contribution >= 4 is 17.8 Å². The van der Waals surface area contributed by atoms with Crippen molar-refractivity contribution < 1.29 is 13.5 Å². The molecular weight excluding hydrogens is 390 g/mol. The number of nitrogens with zero attached hydrogens (tertiary/aromatic N) is 2. The summed E-state index contributed by atoms with van der Waals surface area (Å²) in [4.78, 5) is 2.54. The molecule has 0 N–H and O–H groups in total. The standard InChI is InChI=1S/C23H24F2N2OS/c1-22(24,25)16-2-6-19(7-3-16)28-20-8-4-17(5-9-20)23-12-10-18(11-13-23)27-14-15-29-26-21(23)27/h2-9,18H,10-15H2,1H3. The molecule has 3 fully saturated rings. The van der Waals surface area contributed by atoms with E-state index in [1.54, 1.807) is 24.1 Å². The molecule has 0 unspecified atom stereocenters. The van der Waals surface area contributed by atoms with Gasteiger partial charge in [-0.05, 0) is 79.6 Å². The predicted octanol–water partition coefficient (Wildman–Crippen LogP) is 6.15. The molecule has 2 aromatic rings. The quantitative estimate of drug-likeness (QED) is 0.561. The molecule has 2 saturated heterocycles. The Kier molecular flexibility index (Phi) is 4.57. The zero-order valence-electron chi connectivity index (χ0n) is 16.4. The van der Waals surface area contributed by atoms with Gasteiger partial charge < -0.3 is 9.64 Å². The Morgan fingerprint density at radius 3 is 2.28 bits per heavy atom. The number of hydrogen-bond acceptors (Lipinski definition) is 4. The van der Waals surface area contributed by atoms with Crippen molar-refractivity contribution in [3.05, 3.63) is 59.7 Å². The van der Waals surface area contributed by atoms with Crippen LogP contribution >= 0.6 is 11.9 Å². The molecule has 0 atom stereocenters. The van der Waals surface area contributed by atoms with Crippen LogP contribution in [0.3, 0.4) is 0 Å². The SMILES string of the molecule is CC(F)(F)c1ccc(Oc2ccc(C34CCC(CC3)N3CCSN=C34)cc2)cc1. The first-order valence-electron chi connectivity index (χ1n) is 10.2. The number of ether oxygens (including phenoxy) is 1. The molecule has 1 aliphatic carbocycles. The number of rotatable bonds is 4. The van der Waals surface area contributed by atoms with E-state index in [0.717, 1.165) is 32.1 Å². The van der Waals surface area contributed by atoms with Gasteiger partial charge in [0.2, 0.25) is 0 Å². The van der Waals surface area contributed by atoms with Crippen molar-refractivity contribution in [2.75, 3.05) is 12.3 Å².